The van der Waals surface area contributed by atoms with Crippen molar-refractivity contribution in [2.24, 2.45) is 0 Å². The first-order valence-electron chi connectivity index (χ1n) is 8.37. The molecule has 0 spiro atoms. The van der Waals surface area contributed by atoms with Gasteiger partial charge in [-0.3, -0.25) is 0 Å². The molecule has 0 fully saturated rings. The van der Waals surface area contributed by atoms with Crippen molar-refractivity contribution in [2.45, 2.75) is 4.90 Å². The maximum absolute atomic E-state index is 12.4. The Morgan fingerprint density at radius 2 is 1.82 bits per heavy atom. The van der Waals surface area contributed by atoms with Gasteiger partial charge in [0.15, 0.2) is 5.76 Å². The molecule has 28 heavy (non-hydrogen) atoms. The highest BCUT2D eigenvalue weighted by Gasteiger charge is 2.21. The molecule has 0 saturated carbocycles. The first-order chi connectivity index (χ1) is 13.3. The van der Waals surface area contributed by atoms with Crippen molar-refractivity contribution in [1.82, 2.24) is 9.29 Å². The van der Waals surface area contributed by atoms with E-state index in [1.165, 1.54) is 38.4 Å². The lowest BCUT2D eigenvalue weighted by Crippen LogP contribution is -2.22. The number of benzene rings is 2. The average molecular weight is 396 g/mol. The molecule has 0 bridgehead atoms. The first kappa shape index (κ1) is 18.1. The van der Waals surface area contributed by atoms with Crippen molar-refractivity contribution >= 4 is 37.9 Å². The van der Waals surface area contributed by atoms with Gasteiger partial charge in [0.2, 0.25) is 10.0 Å². The number of hydrogen-bond donors (Lipinski definition) is 1. The number of furan rings is 1. The predicted molar refractivity (Wildman–Crippen MR) is 105 cm³/mol. The van der Waals surface area contributed by atoms with Crippen LogP contribution in [0.2, 0.25) is 0 Å². The van der Waals surface area contributed by atoms with Crippen LogP contribution < -0.4 is 0 Å². The van der Waals surface area contributed by atoms with E-state index in [0.717, 1.165) is 9.69 Å². The van der Waals surface area contributed by atoms with Gasteiger partial charge in [-0.25, -0.2) is 22.5 Å². The number of fused-ring (bicyclic) bond motifs is 2. The second kappa shape index (κ2) is 6.43. The van der Waals surface area contributed by atoms with Gasteiger partial charge < -0.3 is 9.52 Å². The lowest BCUT2D eigenvalue weighted by molar-refractivity contribution is 0.0699. The van der Waals surface area contributed by atoms with Gasteiger partial charge in [-0.05, 0) is 36.4 Å². The maximum atomic E-state index is 12.4. The van der Waals surface area contributed by atoms with Crippen molar-refractivity contribution < 1.29 is 22.7 Å². The molecule has 4 rings (SSSR count). The van der Waals surface area contributed by atoms with Gasteiger partial charge in [0.05, 0.1) is 16.0 Å². The fraction of sp³-hybridized carbons (Fsp3) is 0.100. The van der Waals surface area contributed by atoms with Gasteiger partial charge in [0.1, 0.15) is 11.3 Å². The number of rotatable bonds is 4. The molecule has 0 amide bonds. The highest BCUT2D eigenvalue weighted by atomic mass is 32.2. The molecule has 0 atom stereocenters. The normalized spacial score (nSPS) is 12.1. The number of nitrogens with zero attached hydrogens (tertiary/aromatic N) is 2. The molecule has 2 aromatic carbocycles. The number of aromatic nitrogens is 1. The third-order valence-corrected chi connectivity index (χ3v) is 6.28. The number of carboxylic acids is 1. The summed E-state index contributed by atoms with van der Waals surface area (Å²) < 4.78 is 31.6. The molecule has 4 aromatic rings. The van der Waals surface area contributed by atoms with Gasteiger partial charge in [0.25, 0.3) is 0 Å². The summed E-state index contributed by atoms with van der Waals surface area (Å²) in [7, 11) is -0.862. The van der Waals surface area contributed by atoms with Gasteiger partial charge >= 0.3 is 5.97 Å². The molecular formula is C20H16N2O5S. The molecule has 0 saturated heterocycles. The summed E-state index contributed by atoms with van der Waals surface area (Å²) in [5.41, 5.74) is 1.36. The molecule has 2 heterocycles. The lowest BCUT2D eigenvalue weighted by atomic mass is 10.1. The number of carbonyl (C=O) groups is 1. The highest BCUT2D eigenvalue weighted by molar-refractivity contribution is 7.89. The first-order valence-corrected chi connectivity index (χ1v) is 9.81. The molecule has 0 aliphatic carbocycles. The molecule has 0 aliphatic heterocycles. The summed E-state index contributed by atoms with van der Waals surface area (Å²) in [4.78, 5) is 16.3. The standard InChI is InChI=1S/C20H16N2O5S/c1-22(2)28(25,26)13-7-8-16-14(10-13)15(20(23)24)11-17(21-16)19-9-12-5-3-4-6-18(12)27-19/h3-11H,1-2H3,(H,23,24). The van der Waals surface area contributed by atoms with Crippen molar-refractivity contribution in [3.63, 3.8) is 0 Å². The Labute approximate surface area is 160 Å². The summed E-state index contributed by atoms with van der Waals surface area (Å²) in [6.45, 7) is 0. The molecule has 2 aromatic heterocycles. The summed E-state index contributed by atoms with van der Waals surface area (Å²) >= 11 is 0. The number of hydrogen-bond acceptors (Lipinski definition) is 5. The Bertz CT molecular complexity index is 1310. The second-order valence-corrected chi connectivity index (χ2v) is 8.63. The van der Waals surface area contributed by atoms with Gasteiger partial charge in [-0.1, -0.05) is 18.2 Å². The molecule has 0 aliphatic rings. The van der Waals surface area contributed by atoms with Crippen LogP contribution in [0.15, 0.2) is 63.9 Å². The monoisotopic (exact) mass is 396 g/mol. The Balaban J connectivity index is 1.95. The Morgan fingerprint density at radius 3 is 2.50 bits per heavy atom. The van der Waals surface area contributed by atoms with Crippen LogP contribution in [0.4, 0.5) is 0 Å². The molecular weight excluding hydrogens is 380 g/mol. The molecule has 142 valence electrons. The van der Waals surface area contributed by atoms with Crippen LogP contribution in [-0.4, -0.2) is 42.9 Å². The zero-order valence-electron chi connectivity index (χ0n) is 15.1. The van der Waals surface area contributed by atoms with E-state index in [-0.39, 0.29) is 15.8 Å². The number of carboxylic acid groups (broad SMARTS) is 1. The van der Waals surface area contributed by atoms with Crippen LogP contribution in [0, 0.1) is 0 Å². The second-order valence-electron chi connectivity index (χ2n) is 6.48. The fourth-order valence-corrected chi connectivity index (χ4v) is 3.92. The zero-order valence-corrected chi connectivity index (χ0v) is 15.9. The maximum Gasteiger partial charge on any atom is 0.336 e. The van der Waals surface area contributed by atoms with E-state index in [2.05, 4.69) is 4.98 Å². The van der Waals surface area contributed by atoms with Crippen LogP contribution in [0.25, 0.3) is 33.3 Å². The summed E-state index contributed by atoms with van der Waals surface area (Å²) in [5.74, 6) is -0.736. The van der Waals surface area contributed by atoms with Gasteiger partial charge in [0, 0.05) is 24.9 Å². The summed E-state index contributed by atoms with van der Waals surface area (Å²) in [6, 6.07) is 14.9. The molecule has 0 unspecified atom stereocenters. The summed E-state index contributed by atoms with van der Waals surface area (Å²) in [6.07, 6.45) is 0. The van der Waals surface area contributed by atoms with E-state index in [1.807, 2.05) is 24.3 Å². The lowest BCUT2D eigenvalue weighted by Gasteiger charge is -2.12. The largest absolute Gasteiger partial charge is 0.478 e. The quantitative estimate of drug-likeness (QED) is 0.566. The number of para-hydroxylation sites is 1. The minimum Gasteiger partial charge on any atom is -0.478 e. The van der Waals surface area contributed by atoms with E-state index >= 15 is 0 Å². The highest BCUT2D eigenvalue weighted by Crippen LogP contribution is 2.31. The Hall–Kier alpha value is -3.23. The zero-order chi connectivity index (χ0) is 20.1. The van der Waals surface area contributed by atoms with Gasteiger partial charge in [-0.2, -0.15) is 0 Å². The molecule has 7 nitrogen and oxygen atoms in total. The van der Waals surface area contributed by atoms with E-state index in [0.29, 0.717) is 22.6 Å². The Kier molecular flexibility index (Phi) is 4.17. The third kappa shape index (κ3) is 2.92. The predicted octanol–water partition coefficient (Wildman–Crippen LogP) is 3.60. The third-order valence-electron chi connectivity index (χ3n) is 4.47. The SMILES string of the molecule is CN(C)S(=O)(=O)c1ccc2nc(-c3cc4ccccc4o3)cc(C(=O)O)c2c1. The van der Waals surface area contributed by atoms with Crippen molar-refractivity contribution in [2.75, 3.05) is 14.1 Å². The van der Waals surface area contributed by atoms with Crippen molar-refractivity contribution in [3.05, 3.63) is 60.2 Å². The van der Waals surface area contributed by atoms with E-state index in [4.69, 9.17) is 4.42 Å². The van der Waals surface area contributed by atoms with Crippen LogP contribution in [0.1, 0.15) is 10.4 Å². The molecule has 1 N–H and O–H groups in total. The smallest absolute Gasteiger partial charge is 0.336 e. The van der Waals surface area contributed by atoms with Crippen LogP contribution in [0.3, 0.4) is 0 Å². The van der Waals surface area contributed by atoms with E-state index in [1.54, 1.807) is 6.07 Å². The number of sulfonamides is 1. The average Bonchev–Trinajstić information content (AvgIpc) is 3.10. The number of pyridine rings is 1. The van der Waals surface area contributed by atoms with Gasteiger partial charge in [-0.15, -0.1) is 0 Å². The minimum atomic E-state index is -3.70. The van der Waals surface area contributed by atoms with E-state index in [9.17, 15) is 18.3 Å². The topological polar surface area (TPSA) is 101 Å². The van der Waals surface area contributed by atoms with Crippen molar-refractivity contribution in [1.29, 1.82) is 0 Å². The van der Waals surface area contributed by atoms with Crippen LogP contribution >= 0.6 is 0 Å². The minimum absolute atomic E-state index is 0.00536. The Morgan fingerprint density at radius 1 is 1.07 bits per heavy atom. The van der Waals surface area contributed by atoms with Crippen molar-refractivity contribution in [3.8, 4) is 11.5 Å². The molecule has 0 radical (unpaired) electrons. The van der Waals surface area contributed by atoms with Crippen LogP contribution in [0.5, 0.6) is 0 Å². The van der Waals surface area contributed by atoms with Crippen LogP contribution in [-0.2, 0) is 10.0 Å². The number of aromatic carboxylic acids is 1. The molecule has 8 heteroatoms. The fourth-order valence-electron chi connectivity index (χ4n) is 2.99. The van der Waals surface area contributed by atoms with E-state index < -0.39 is 16.0 Å². The summed E-state index contributed by atoms with van der Waals surface area (Å²) in [5, 5.41) is 10.8.